The lowest BCUT2D eigenvalue weighted by atomic mass is 10.2. The summed E-state index contributed by atoms with van der Waals surface area (Å²) < 4.78 is 28.5. The Morgan fingerprint density at radius 1 is 1.04 bits per heavy atom. The number of aromatic amines is 1. The maximum Gasteiger partial charge on any atom is 0.326 e. The second-order valence-corrected chi connectivity index (χ2v) is 5.43. The van der Waals surface area contributed by atoms with Crippen molar-refractivity contribution in [1.29, 1.82) is 0 Å². The van der Waals surface area contributed by atoms with Gasteiger partial charge in [0.15, 0.2) is 0 Å². The van der Waals surface area contributed by atoms with Gasteiger partial charge in [0, 0.05) is 18.3 Å². The van der Waals surface area contributed by atoms with Crippen LogP contribution in [0.25, 0.3) is 0 Å². The molecule has 0 aliphatic carbocycles. The normalized spacial score (nSPS) is 10.6. The highest BCUT2D eigenvalue weighted by Crippen LogP contribution is 2.12. The number of amides is 1. The number of hydrogen-bond acceptors (Lipinski definition) is 2. The summed E-state index contributed by atoms with van der Waals surface area (Å²) in [6.07, 6.45) is 1.28. The van der Waals surface area contributed by atoms with E-state index in [0.717, 1.165) is 17.7 Å². The summed E-state index contributed by atoms with van der Waals surface area (Å²) in [6, 6.07) is 12.6. The van der Waals surface area contributed by atoms with Crippen molar-refractivity contribution in [1.82, 2.24) is 14.9 Å². The first kappa shape index (κ1) is 16.6. The van der Waals surface area contributed by atoms with Gasteiger partial charge in [-0.05, 0) is 17.7 Å². The summed E-state index contributed by atoms with van der Waals surface area (Å²) in [5.74, 6) is -2.08. The quantitative estimate of drug-likeness (QED) is 0.747. The molecule has 1 aromatic heterocycles. The van der Waals surface area contributed by atoms with Crippen molar-refractivity contribution in [2.75, 3.05) is 0 Å². The Kier molecular flexibility index (Phi) is 4.74. The second-order valence-electron chi connectivity index (χ2n) is 5.43. The molecule has 2 aromatic carbocycles. The van der Waals surface area contributed by atoms with Gasteiger partial charge in [-0.3, -0.25) is 9.36 Å². The number of carbonyl (C=O) groups is 1. The fourth-order valence-corrected chi connectivity index (χ4v) is 2.47. The van der Waals surface area contributed by atoms with Gasteiger partial charge in [-0.15, -0.1) is 0 Å². The van der Waals surface area contributed by atoms with Crippen molar-refractivity contribution >= 4 is 5.91 Å². The minimum atomic E-state index is -0.740. The minimum Gasteiger partial charge on any atom is -0.346 e. The average molecular weight is 343 g/mol. The van der Waals surface area contributed by atoms with Crippen LogP contribution in [0.2, 0.25) is 0 Å². The molecule has 0 radical (unpaired) electrons. The van der Waals surface area contributed by atoms with Gasteiger partial charge in [-0.25, -0.2) is 13.6 Å². The molecule has 0 fully saturated rings. The first-order chi connectivity index (χ1) is 12.1. The molecule has 0 saturated heterocycles. The predicted molar refractivity (Wildman–Crippen MR) is 88.1 cm³/mol. The predicted octanol–water partition coefficient (Wildman–Crippen LogP) is 2.43. The number of H-pyrrole nitrogens is 1. The lowest BCUT2D eigenvalue weighted by molar-refractivity contribution is 0.0941. The zero-order chi connectivity index (χ0) is 17.8. The summed E-state index contributed by atoms with van der Waals surface area (Å²) in [4.78, 5) is 26.7. The van der Waals surface area contributed by atoms with Gasteiger partial charge in [0.2, 0.25) is 0 Å². The molecule has 0 saturated carbocycles. The van der Waals surface area contributed by atoms with Crippen molar-refractivity contribution in [2.45, 2.75) is 13.1 Å². The first-order valence-electron chi connectivity index (χ1n) is 7.59. The van der Waals surface area contributed by atoms with Crippen molar-refractivity contribution in [2.24, 2.45) is 0 Å². The number of nitrogens with zero attached hydrogens (tertiary/aromatic N) is 1. The van der Waals surface area contributed by atoms with Gasteiger partial charge in [0.05, 0.1) is 6.54 Å². The average Bonchev–Trinajstić information content (AvgIpc) is 2.96. The van der Waals surface area contributed by atoms with E-state index in [1.165, 1.54) is 16.8 Å². The third kappa shape index (κ3) is 3.65. The highest BCUT2D eigenvalue weighted by molar-refractivity contribution is 5.92. The molecule has 0 aliphatic heterocycles. The smallest absolute Gasteiger partial charge is 0.326 e. The van der Waals surface area contributed by atoms with Gasteiger partial charge in [-0.1, -0.05) is 36.4 Å². The third-order valence-electron chi connectivity index (χ3n) is 3.77. The fraction of sp³-hybridized carbons (Fsp3) is 0.111. The highest BCUT2D eigenvalue weighted by Gasteiger charge is 2.16. The molecule has 5 nitrogen and oxygen atoms in total. The van der Waals surface area contributed by atoms with Crippen LogP contribution in [-0.4, -0.2) is 15.5 Å². The van der Waals surface area contributed by atoms with E-state index in [1.807, 2.05) is 30.3 Å². The Morgan fingerprint density at radius 2 is 1.72 bits per heavy atom. The Labute approximate surface area is 141 Å². The molecule has 0 aliphatic rings. The Hall–Kier alpha value is -3.22. The molecular weight excluding hydrogens is 328 g/mol. The van der Waals surface area contributed by atoms with Crippen LogP contribution >= 0.6 is 0 Å². The van der Waals surface area contributed by atoms with Gasteiger partial charge in [0.1, 0.15) is 17.3 Å². The summed E-state index contributed by atoms with van der Waals surface area (Å²) >= 11 is 0. The van der Waals surface area contributed by atoms with Crippen LogP contribution in [0.15, 0.2) is 59.5 Å². The fourth-order valence-electron chi connectivity index (χ4n) is 2.47. The van der Waals surface area contributed by atoms with Gasteiger partial charge < -0.3 is 10.3 Å². The molecule has 0 spiro atoms. The number of aromatic nitrogens is 2. The molecule has 0 atom stereocenters. The van der Waals surface area contributed by atoms with Crippen LogP contribution in [0, 0.1) is 11.6 Å². The molecule has 3 aromatic rings. The van der Waals surface area contributed by atoms with E-state index < -0.39 is 23.2 Å². The lowest BCUT2D eigenvalue weighted by Crippen LogP contribution is -2.29. The molecule has 128 valence electrons. The number of nitrogens with one attached hydrogen (secondary N) is 2. The van der Waals surface area contributed by atoms with E-state index in [4.69, 9.17) is 0 Å². The molecule has 0 bridgehead atoms. The summed E-state index contributed by atoms with van der Waals surface area (Å²) in [5.41, 5.74) is 0.262. The highest BCUT2D eigenvalue weighted by atomic mass is 19.1. The number of rotatable bonds is 5. The number of imidazole rings is 1. The zero-order valence-corrected chi connectivity index (χ0v) is 13.1. The Balaban J connectivity index is 1.78. The molecule has 1 amide bonds. The van der Waals surface area contributed by atoms with Crippen LogP contribution in [-0.2, 0) is 13.1 Å². The summed E-state index contributed by atoms with van der Waals surface area (Å²) in [5, 5.41) is 2.44. The van der Waals surface area contributed by atoms with Gasteiger partial charge in [-0.2, -0.15) is 0 Å². The van der Waals surface area contributed by atoms with Gasteiger partial charge in [0.25, 0.3) is 5.91 Å². The molecule has 2 N–H and O–H groups in total. The SMILES string of the molecule is O=C(NCc1c(F)cccc1F)c1c[nH]c(=O)n1Cc1ccccc1. The number of halogens is 2. The van der Waals surface area contributed by atoms with Crippen molar-refractivity contribution in [3.05, 3.63) is 93.7 Å². The van der Waals surface area contributed by atoms with Crippen LogP contribution in [0.1, 0.15) is 21.6 Å². The Bertz CT molecular complexity index is 928. The van der Waals surface area contributed by atoms with E-state index in [9.17, 15) is 18.4 Å². The van der Waals surface area contributed by atoms with E-state index in [1.54, 1.807) is 0 Å². The molecule has 0 unspecified atom stereocenters. The maximum atomic E-state index is 13.6. The van der Waals surface area contributed by atoms with Crippen LogP contribution in [0.5, 0.6) is 0 Å². The molecule has 25 heavy (non-hydrogen) atoms. The van der Waals surface area contributed by atoms with Gasteiger partial charge >= 0.3 is 5.69 Å². The summed E-state index contributed by atoms with van der Waals surface area (Å²) in [7, 11) is 0. The van der Waals surface area contributed by atoms with Crippen LogP contribution in [0.4, 0.5) is 8.78 Å². The molecule has 7 heteroatoms. The van der Waals surface area contributed by atoms with E-state index in [-0.39, 0.29) is 24.3 Å². The second kappa shape index (κ2) is 7.12. The molecular formula is C18H15F2N3O2. The van der Waals surface area contributed by atoms with E-state index >= 15 is 0 Å². The maximum absolute atomic E-state index is 13.6. The number of carbonyl (C=O) groups excluding carboxylic acids is 1. The van der Waals surface area contributed by atoms with Crippen molar-refractivity contribution in [3.63, 3.8) is 0 Å². The number of hydrogen-bond donors (Lipinski definition) is 2. The molecule has 3 rings (SSSR count). The van der Waals surface area contributed by atoms with E-state index in [0.29, 0.717) is 0 Å². The monoisotopic (exact) mass is 343 g/mol. The topological polar surface area (TPSA) is 66.9 Å². The lowest BCUT2D eigenvalue weighted by Gasteiger charge is -2.09. The van der Waals surface area contributed by atoms with E-state index in [2.05, 4.69) is 10.3 Å². The minimum absolute atomic E-state index is 0.0885. The standard InChI is InChI=1S/C18H15F2N3O2/c19-14-7-4-8-15(20)13(14)9-21-17(24)16-10-22-18(25)23(16)11-12-5-2-1-3-6-12/h1-8,10H,9,11H2,(H,21,24)(H,22,25). The van der Waals surface area contributed by atoms with Crippen LogP contribution < -0.4 is 11.0 Å². The number of benzene rings is 2. The van der Waals surface area contributed by atoms with Crippen molar-refractivity contribution < 1.29 is 13.6 Å². The Morgan fingerprint density at radius 3 is 2.40 bits per heavy atom. The summed E-state index contributed by atoms with van der Waals surface area (Å²) in [6.45, 7) is -0.109. The largest absolute Gasteiger partial charge is 0.346 e. The zero-order valence-electron chi connectivity index (χ0n) is 13.1. The van der Waals surface area contributed by atoms with Crippen LogP contribution in [0.3, 0.4) is 0 Å². The third-order valence-corrected chi connectivity index (χ3v) is 3.77. The molecule has 1 heterocycles. The first-order valence-corrected chi connectivity index (χ1v) is 7.59. The van der Waals surface area contributed by atoms with Crippen molar-refractivity contribution in [3.8, 4) is 0 Å².